The van der Waals surface area contributed by atoms with Crippen LogP contribution in [0, 0.1) is 12.7 Å². The lowest BCUT2D eigenvalue weighted by atomic mass is 9.79. The molecule has 0 spiro atoms. The van der Waals surface area contributed by atoms with Gasteiger partial charge in [0.2, 0.25) is 5.95 Å². The predicted molar refractivity (Wildman–Crippen MR) is 95.6 cm³/mol. The number of hydrogen-bond acceptors (Lipinski definition) is 5. The molecule has 0 amide bonds. The van der Waals surface area contributed by atoms with Crippen molar-refractivity contribution in [3.05, 3.63) is 76.9 Å². The molecule has 0 saturated carbocycles. The first kappa shape index (κ1) is 16.0. The molecule has 136 valence electrons. The standard InChI is InChI=1S/C20H17FN4O2/c1-11-22-20-23-15-9-13(17-3-2-8-27-17)10-16(26)18(15)19(25(20)24-11)12-4-6-14(21)7-5-12/h2-8,13,19H,9-10H2,1H3,(H,22,23,24)/t13-,19+/m1/s1. The number of carbonyl (C=O) groups excluding carboxylic acids is 1. The summed E-state index contributed by atoms with van der Waals surface area (Å²) in [6.07, 6.45) is 2.65. The normalized spacial score (nSPS) is 21.6. The van der Waals surface area contributed by atoms with Crippen LogP contribution in [-0.4, -0.2) is 20.5 Å². The molecule has 3 aromatic rings. The third-order valence-corrected chi connectivity index (χ3v) is 5.16. The fourth-order valence-electron chi connectivity index (χ4n) is 4.00. The summed E-state index contributed by atoms with van der Waals surface area (Å²) in [5.74, 6) is 1.72. The van der Waals surface area contributed by atoms with E-state index < -0.39 is 6.04 Å². The van der Waals surface area contributed by atoms with Crippen LogP contribution >= 0.6 is 0 Å². The van der Waals surface area contributed by atoms with Crippen molar-refractivity contribution in [1.82, 2.24) is 14.8 Å². The maximum absolute atomic E-state index is 13.4. The highest BCUT2D eigenvalue weighted by atomic mass is 19.1. The van der Waals surface area contributed by atoms with E-state index in [4.69, 9.17) is 4.42 Å². The molecule has 5 rings (SSSR count). The number of fused-ring (bicyclic) bond motifs is 1. The van der Waals surface area contributed by atoms with Gasteiger partial charge in [0.15, 0.2) is 5.78 Å². The lowest BCUT2D eigenvalue weighted by Gasteiger charge is -2.34. The summed E-state index contributed by atoms with van der Waals surface area (Å²) in [6.45, 7) is 1.81. The van der Waals surface area contributed by atoms with Crippen molar-refractivity contribution in [3.63, 3.8) is 0 Å². The van der Waals surface area contributed by atoms with Crippen molar-refractivity contribution in [3.8, 4) is 0 Å². The van der Waals surface area contributed by atoms with Gasteiger partial charge in [0, 0.05) is 23.6 Å². The van der Waals surface area contributed by atoms with Gasteiger partial charge in [-0.2, -0.15) is 10.1 Å². The number of benzene rings is 1. The highest BCUT2D eigenvalue weighted by Gasteiger charge is 2.40. The molecule has 2 atom stereocenters. The topological polar surface area (TPSA) is 73.0 Å². The number of nitrogens with zero attached hydrogens (tertiary/aromatic N) is 3. The Bertz CT molecular complexity index is 1050. The van der Waals surface area contributed by atoms with Gasteiger partial charge in [0.05, 0.1) is 6.26 Å². The van der Waals surface area contributed by atoms with Crippen LogP contribution in [0.1, 0.15) is 41.9 Å². The first-order valence-electron chi connectivity index (χ1n) is 8.85. The van der Waals surface area contributed by atoms with Crippen LogP contribution in [0.3, 0.4) is 0 Å². The minimum atomic E-state index is -0.414. The van der Waals surface area contributed by atoms with Crippen molar-refractivity contribution >= 4 is 11.7 Å². The third kappa shape index (κ3) is 2.58. The monoisotopic (exact) mass is 364 g/mol. The predicted octanol–water partition coefficient (Wildman–Crippen LogP) is 3.73. The second-order valence-corrected chi connectivity index (χ2v) is 6.94. The van der Waals surface area contributed by atoms with Crippen LogP contribution in [0.4, 0.5) is 10.3 Å². The van der Waals surface area contributed by atoms with E-state index in [0.717, 1.165) is 17.0 Å². The van der Waals surface area contributed by atoms with E-state index in [0.29, 0.717) is 30.2 Å². The molecule has 0 bridgehead atoms. The quantitative estimate of drug-likeness (QED) is 0.750. The van der Waals surface area contributed by atoms with Crippen molar-refractivity contribution in [2.75, 3.05) is 5.32 Å². The molecule has 7 heteroatoms. The van der Waals surface area contributed by atoms with E-state index in [-0.39, 0.29) is 17.5 Å². The zero-order valence-corrected chi connectivity index (χ0v) is 14.6. The number of Topliss-reactive ketones (excluding diaryl/α,β-unsaturated/α-hetero) is 1. The molecule has 0 fully saturated rings. The molecule has 2 aliphatic rings. The fourth-order valence-corrected chi connectivity index (χ4v) is 4.00. The number of halogens is 1. The van der Waals surface area contributed by atoms with E-state index in [2.05, 4.69) is 15.4 Å². The maximum Gasteiger partial charge on any atom is 0.226 e. The summed E-state index contributed by atoms with van der Waals surface area (Å²) in [5, 5.41) is 7.76. The van der Waals surface area contributed by atoms with Crippen molar-refractivity contribution < 1.29 is 13.6 Å². The summed E-state index contributed by atoms with van der Waals surface area (Å²) in [7, 11) is 0. The Labute approximate surface area is 154 Å². The van der Waals surface area contributed by atoms with Gasteiger partial charge in [-0.1, -0.05) is 12.1 Å². The Morgan fingerprint density at radius 1 is 1.22 bits per heavy atom. The largest absolute Gasteiger partial charge is 0.469 e. The van der Waals surface area contributed by atoms with Gasteiger partial charge in [-0.15, -0.1) is 0 Å². The van der Waals surface area contributed by atoms with Crippen LogP contribution < -0.4 is 5.32 Å². The molecule has 1 aliphatic carbocycles. The molecule has 1 aliphatic heterocycles. The molecular weight excluding hydrogens is 347 g/mol. The highest BCUT2D eigenvalue weighted by Crippen LogP contribution is 2.44. The summed E-state index contributed by atoms with van der Waals surface area (Å²) in [4.78, 5) is 17.6. The number of ketones is 1. The average Bonchev–Trinajstić information content (AvgIpc) is 3.29. The lowest BCUT2D eigenvalue weighted by molar-refractivity contribution is -0.117. The molecule has 1 aromatic carbocycles. The lowest BCUT2D eigenvalue weighted by Crippen LogP contribution is -2.33. The average molecular weight is 364 g/mol. The molecule has 2 aromatic heterocycles. The number of rotatable bonds is 2. The fraction of sp³-hybridized carbons (Fsp3) is 0.250. The molecule has 3 heterocycles. The Morgan fingerprint density at radius 3 is 2.78 bits per heavy atom. The number of carbonyl (C=O) groups is 1. The summed E-state index contributed by atoms with van der Waals surface area (Å²) >= 11 is 0. The molecule has 0 saturated heterocycles. The minimum Gasteiger partial charge on any atom is -0.469 e. The zero-order valence-electron chi connectivity index (χ0n) is 14.6. The van der Waals surface area contributed by atoms with Crippen LogP contribution in [0.2, 0.25) is 0 Å². The molecule has 0 radical (unpaired) electrons. The van der Waals surface area contributed by atoms with Crippen LogP contribution in [0.15, 0.2) is 58.3 Å². The van der Waals surface area contributed by atoms with Gasteiger partial charge in [-0.3, -0.25) is 4.79 Å². The Hall–Kier alpha value is -3.22. The van der Waals surface area contributed by atoms with Gasteiger partial charge in [-0.25, -0.2) is 9.07 Å². The number of aromatic nitrogens is 3. The van der Waals surface area contributed by atoms with Gasteiger partial charge >= 0.3 is 0 Å². The number of furan rings is 1. The van der Waals surface area contributed by atoms with E-state index in [1.54, 1.807) is 30.0 Å². The number of anilines is 1. The Morgan fingerprint density at radius 2 is 2.04 bits per heavy atom. The van der Waals surface area contributed by atoms with Crippen LogP contribution in [0.25, 0.3) is 0 Å². The SMILES string of the molecule is Cc1nc2n(n1)[C@@H](c1ccc(F)cc1)C1=C(C[C@@H](c3ccco3)CC1=O)N2. The summed E-state index contributed by atoms with van der Waals surface area (Å²) < 4.78 is 20.7. The number of nitrogens with one attached hydrogen (secondary N) is 1. The van der Waals surface area contributed by atoms with E-state index >= 15 is 0 Å². The van der Waals surface area contributed by atoms with Crippen LogP contribution in [-0.2, 0) is 4.79 Å². The van der Waals surface area contributed by atoms with E-state index in [1.165, 1.54) is 12.1 Å². The van der Waals surface area contributed by atoms with Gasteiger partial charge < -0.3 is 9.73 Å². The summed E-state index contributed by atoms with van der Waals surface area (Å²) in [6, 6.07) is 9.52. The Balaban J connectivity index is 1.63. The number of allylic oxidation sites excluding steroid dienone is 2. The number of hydrogen-bond donors (Lipinski definition) is 1. The highest BCUT2D eigenvalue weighted by molar-refractivity contribution is 6.00. The maximum atomic E-state index is 13.4. The first-order chi connectivity index (χ1) is 13.1. The van der Waals surface area contributed by atoms with Gasteiger partial charge in [-0.05, 0) is 43.2 Å². The van der Waals surface area contributed by atoms with Gasteiger partial charge in [0.25, 0.3) is 0 Å². The molecule has 0 unspecified atom stereocenters. The van der Waals surface area contributed by atoms with E-state index in [1.807, 2.05) is 12.1 Å². The second-order valence-electron chi connectivity index (χ2n) is 6.94. The zero-order chi connectivity index (χ0) is 18.5. The molecular formula is C20H17FN4O2. The second kappa shape index (κ2) is 5.90. The van der Waals surface area contributed by atoms with Crippen molar-refractivity contribution in [2.45, 2.75) is 31.7 Å². The van der Waals surface area contributed by atoms with Crippen LogP contribution in [0.5, 0.6) is 0 Å². The van der Waals surface area contributed by atoms with Crippen molar-refractivity contribution in [2.24, 2.45) is 0 Å². The minimum absolute atomic E-state index is 0.0109. The Kier molecular flexibility index (Phi) is 3.50. The molecule has 6 nitrogen and oxygen atoms in total. The molecule has 1 N–H and O–H groups in total. The van der Waals surface area contributed by atoms with Gasteiger partial charge in [0.1, 0.15) is 23.4 Å². The first-order valence-corrected chi connectivity index (χ1v) is 8.85. The van der Waals surface area contributed by atoms with E-state index in [9.17, 15) is 9.18 Å². The summed E-state index contributed by atoms with van der Waals surface area (Å²) in [5.41, 5.74) is 2.31. The smallest absolute Gasteiger partial charge is 0.226 e. The number of aryl methyl sites for hydroxylation is 1. The molecule has 27 heavy (non-hydrogen) atoms. The van der Waals surface area contributed by atoms with Crippen molar-refractivity contribution in [1.29, 1.82) is 0 Å². The third-order valence-electron chi connectivity index (χ3n) is 5.16.